The summed E-state index contributed by atoms with van der Waals surface area (Å²) in [5.74, 6) is 0.338. The van der Waals surface area contributed by atoms with Crippen LogP contribution in [0.1, 0.15) is 41.4 Å². The minimum absolute atomic E-state index is 0.140. The third kappa shape index (κ3) is 2.36. The van der Waals surface area contributed by atoms with Crippen molar-refractivity contribution >= 4 is 5.91 Å². The van der Waals surface area contributed by atoms with Gasteiger partial charge in [0.2, 0.25) is 0 Å². The predicted molar refractivity (Wildman–Crippen MR) is 86.2 cm³/mol. The number of benzene rings is 1. The lowest BCUT2D eigenvalue weighted by atomic mass is 9.61. The van der Waals surface area contributed by atoms with Gasteiger partial charge in [0.25, 0.3) is 11.5 Å². The van der Waals surface area contributed by atoms with Crippen molar-refractivity contribution in [2.45, 2.75) is 25.2 Å². The molecule has 0 radical (unpaired) electrons. The number of likely N-dealkylation sites (tertiary alicyclic amines) is 1. The SMILES string of the molecule is O=C(c1nccc(=O)[nH]1)N1C[C@@H](c2ccccc2)C2(CCC2)C1. The first kappa shape index (κ1) is 14.2. The second-order valence-corrected chi connectivity index (χ2v) is 6.65. The van der Waals surface area contributed by atoms with E-state index in [0.717, 1.165) is 19.4 Å². The second-order valence-electron chi connectivity index (χ2n) is 6.65. The Hall–Kier alpha value is -2.43. The van der Waals surface area contributed by atoms with Gasteiger partial charge < -0.3 is 9.88 Å². The summed E-state index contributed by atoms with van der Waals surface area (Å²) in [5.41, 5.74) is 1.21. The van der Waals surface area contributed by atoms with Crippen LogP contribution in [0.15, 0.2) is 47.4 Å². The van der Waals surface area contributed by atoms with Crippen LogP contribution in [-0.4, -0.2) is 33.9 Å². The van der Waals surface area contributed by atoms with Crippen molar-refractivity contribution in [3.8, 4) is 0 Å². The molecule has 5 nitrogen and oxygen atoms in total. The summed E-state index contributed by atoms with van der Waals surface area (Å²) in [6.45, 7) is 1.45. The highest BCUT2D eigenvalue weighted by Crippen LogP contribution is 2.55. The Labute approximate surface area is 134 Å². The van der Waals surface area contributed by atoms with Crippen LogP contribution in [0.4, 0.5) is 0 Å². The molecule has 23 heavy (non-hydrogen) atoms. The molecule has 1 aliphatic carbocycles. The fraction of sp³-hybridized carbons (Fsp3) is 0.389. The topological polar surface area (TPSA) is 66.1 Å². The molecule has 2 heterocycles. The summed E-state index contributed by atoms with van der Waals surface area (Å²) in [6.07, 6.45) is 4.94. The van der Waals surface area contributed by atoms with Crippen molar-refractivity contribution in [1.29, 1.82) is 0 Å². The minimum atomic E-state index is -0.291. The van der Waals surface area contributed by atoms with Crippen molar-refractivity contribution in [3.05, 3.63) is 64.3 Å². The van der Waals surface area contributed by atoms with Crippen molar-refractivity contribution in [2.24, 2.45) is 5.41 Å². The molecule has 1 amide bonds. The Morgan fingerprint density at radius 2 is 2.00 bits per heavy atom. The molecule has 2 aliphatic rings. The van der Waals surface area contributed by atoms with E-state index in [0.29, 0.717) is 12.5 Å². The van der Waals surface area contributed by atoms with E-state index >= 15 is 0 Å². The first-order valence-corrected chi connectivity index (χ1v) is 8.08. The number of carbonyl (C=O) groups is 1. The highest BCUT2D eigenvalue weighted by molar-refractivity contribution is 5.90. The summed E-state index contributed by atoms with van der Waals surface area (Å²) in [4.78, 5) is 32.5. The third-order valence-electron chi connectivity index (χ3n) is 5.36. The minimum Gasteiger partial charge on any atom is -0.335 e. The molecule has 4 rings (SSSR count). The molecule has 2 fully saturated rings. The molecular formula is C18H19N3O2. The standard InChI is InChI=1S/C18H19N3O2/c22-15-7-10-19-16(20-15)17(23)21-11-14(13-5-2-1-3-6-13)18(12-21)8-4-9-18/h1-3,5-7,10,14H,4,8-9,11-12H2,(H,19,20,22)/t14-/m0/s1. The summed E-state index contributed by atoms with van der Waals surface area (Å²) >= 11 is 0. The fourth-order valence-corrected chi connectivity index (χ4v) is 4.03. The fourth-order valence-electron chi connectivity index (χ4n) is 4.03. The highest BCUT2D eigenvalue weighted by atomic mass is 16.2. The van der Waals surface area contributed by atoms with E-state index in [9.17, 15) is 9.59 Å². The average molecular weight is 309 g/mol. The van der Waals surface area contributed by atoms with Crippen molar-refractivity contribution < 1.29 is 4.79 Å². The molecule has 5 heteroatoms. The van der Waals surface area contributed by atoms with Crippen LogP contribution in [-0.2, 0) is 0 Å². The van der Waals surface area contributed by atoms with Crippen molar-refractivity contribution in [2.75, 3.05) is 13.1 Å². The Bertz CT molecular complexity index is 780. The van der Waals surface area contributed by atoms with Crippen LogP contribution < -0.4 is 5.56 Å². The quantitative estimate of drug-likeness (QED) is 0.924. The van der Waals surface area contributed by atoms with Gasteiger partial charge in [-0.1, -0.05) is 36.8 Å². The van der Waals surface area contributed by atoms with Crippen LogP contribution >= 0.6 is 0 Å². The summed E-state index contributed by atoms with van der Waals surface area (Å²) < 4.78 is 0. The zero-order valence-electron chi connectivity index (χ0n) is 12.9. The van der Waals surface area contributed by atoms with E-state index < -0.39 is 0 Å². The Kier molecular flexibility index (Phi) is 3.29. The number of nitrogens with zero attached hydrogens (tertiary/aromatic N) is 2. The third-order valence-corrected chi connectivity index (χ3v) is 5.36. The van der Waals surface area contributed by atoms with Gasteiger partial charge in [-0.25, -0.2) is 4.98 Å². The van der Waals surface area contributed by atoms with Crippen LogP contribution in [0.3, 0.4) is 0 Å². The number of nitrogens with one attached hydrogen (secondary N) is 1. The van der Waals surface area contributed by atoms with Crippen molar-refractivity contribution in [1.82, 2.24) is 14.9 Å². The molecule has 118 valence electrons. The number of hydrogen-bond acceptors (Lipinski definition) is 3. The lowest BCUT2D eigenvalue weighted by molar-refractivity contribution is 0.0713. The molecule has 1 N–H and O–H groups in total. The Morgan fingerprint density at radius 1 is 1.22 bits per heavy atom. The number of hydrogen-bond donors (Lipinski definition) is 1. The Morgan fingerprint density at radius 3 is 2.65 bits per heavy atom. The van der Waals surface area contributed by atoms with Crippen LogP contribution in [0.5, 0.6) is 0 Å². The van der Waals surface area contributed by atoms with E-state index in [1.807, 2.05) is 11.0 Å². The van der Waals surface area contributed by atoms with Crippen LogP contribution in [0.2, 0.25) is 0 Å². The summed E-state index contributed by atoms with van der Waals surface area (Å²) in [5, 5.41) is 0. The predicted octanol–water partition coefficient (Wildman–Crippen LogP) is 2.18. The van der Waals surface area contributed by atoms with Crippen LogP contribution in [0, 0.1) is 5.41 Å². The smallest absolute Gasteiger partial charge is 0.289 e. The highest BCUT2D eigenvalue weighted by Gasteiger charge is 2.52. The van der Waals surface area contributed by atoms with Gasteiger partial charge in [0.1, 0.15) is 0 Å². The molecule has 0 unspecified atom stereocenters. The molecule has 1 aromatic heterocycles. The van der Waals surface area contributed by atoms with Gasteiger partial charge in [0.05, 0.1) is 0 Å². The molecule has 1 saturated heterocycles. The monoisotopic (exact) mass is 309 g/mol. The lowest BCUT2D eigenvalue weighted by Gasteiger charge is -2.43. The van der Waals surface area contributed by atoms with E-state index in [-0.39, 0.29) is 22.7 Å². The first-order valence-electron chi connectivity index (χ1n) is 8.08. The number of carbonyl (C=O) groups excluding carboxylic acids is 1. The number of H-pyrrole nitrogens is 1. The van der Waals surface area contributed by atoms with Crippen LogP contribution in [0.25, 0.3) is 0 Å². The molecule has 2 aromatic rings. The molecule has 1 aliphatic heterocycles. The molecule has 1 aromatic carbocycles. The number of aromatic nitrogens is 2. The average Bonchev–Trinajstić information content (AvgIpc) is 2.96. The van der Waals surface area contributed by atoms with Crippen molar-refractivity contribution in [3.63, 3.8) is 0 Å². The normalized spacial score (nSPS) is 22.1. The van der Waals surface area contributed by atoms with Gasteiger partial charge in [0, 0.05) is 31.3 Å². The zero-order chi connectivity index (χ0) is 15.9. The van der Waals surface area contributed by atoms with Gasteiger partial charge in [-0.05, 0) is 23.8 Å². The molecular weight excluding hydrogens is 290 g/mol. The van der Waals surface area contributed by atoms with Gasteiger partial charge in [-0.15, -0.1) is 0 Å². The largest absolute Gasteiger partial charge is 0.335 e. The van der Waals surface area contributed by atoms with Gasteiger partial charge in [0.15, 0.2) is 5.82 Å². The van der Waals surface area contributed by atoms with E-state index in [1.54, 1.807) is 0 Å². The maximum atomic E-state index is 12.7. The van der Waals surface area contributed by atoms with E-state index in [4.69, 9.17) is 0 Å². The second kappa shape index (κ2) is 5.33. The Balaban J connectivity index is 1.63. The number of rotatable bonds is 2. The zero-order valence-corrected chi connectivity index (χ0v) is 12.9. The first-order chi connectivity index (χ1) is 11.2. The van der Waals surface area contributed by atoms with Gasteiger partial charge in [-0.3, -0.25) is 9.59 Å². The number of amides is 1. The van der Waals surface area contributed by atoms with E-state index in [1.165, 1.54) is 24.2 Å². The molecule has 1 saturated carbocycles. The lowest BCUT2D eigenvalue weighted by Crippen LogP contribution is -2.38. The molecule has 0 bridgehead atoms. The molecule has 1 spiro atoms. The summed E-state index contributed by atoms with van der Waals surface area (Å²) in [7, 11) is 0. The number of aromatic amines is 1. The molecule has 1 atom stereocenters. The maximum absolute atomic E-state index is 12.7. The summed E-state index contributed by atoms with van der Waals surface area (Å²) in [6, 6.07) is 11.8. The maximum Gasteiger partial charge on any atom is 0.289 e. The van der Waals surface area contributed by atoms with Gasteiger partial charge in [-0.2, -0.15) is 0 Å². The van der Waals surface area contributed by atoms with E-state index in [2.05, 4.69) is 34.2 Å². The van der Waals surface area contributed by atoms with Gasteiger partial charge >= 0.3 is 0 Å².